The molecular weight excluding hydrogens is 354 g/mol. The maximum Gasteiger partial charge on any atom is 0.226 e. The topological polar surface area (TPSA) is 68.0 Å². The number of hydrogen-bond donors (Lipinski definition) is 1. The zero-order valence-electron chi connectivity index (χ0n) is 13.5. The smallest absolute Gasteiger partial charge is 0.226 e. The summed E-state index contributed by atoms with van der Waals surface area (Å²) in [5, 5.41) is 6.50. The van der Waals surface area contributed by atoms with Gasteiger partial charge in [0.1, 0.15) is 10.8 Å². The first-order chi connectivity index (χ1) is 12.2. The molecule has 4 rings (SSSR count). The number of aromatic nitrogens is 2. The van der Waals surface area contributed by atoms with Gasteiger partial charge in [-0.3, -0.25) is 4.79 Å². The second kappa shape index (κ2) is 6.78. The molecule has 0 bridgehead atoms. The van der Waals surface area contributed by atoms with Crippen molar-refractivity contribution in [3.05, 3.63) is 58.2 Å². The lowest BCUT2D eigenvalue weighted by atomic mass is 10.3. The van der Waals surface area contributed by atoms with E-state index in [2.05, 4.69) is 15.3 Å². The Balaban J connectivity index is 1.36. The number of furan rings is 1. The molecule has 126 valence electrons. The molecule has 3 heterocycles. The van der Waals surface area contributed by atoms with Gasteiger partial charge in [0, 0.05) is 5.38 Å². The minimum absolute atomic E-state index is 0.0632. The number of para-hydroxylation sites is 1. The average molecular weight is 369 g/mol. The molecule has 0 saturated carbocycles. The summed E-state index contributed by atoms with van der Waals surface area (Å²) in [5.41, 5.74) is 1.71. The number of hydrogen-bond acceptors (Lipinski definition) is 6. The SMILES string of the molecule is Cc1ccc(-c2nc(CC(=O)NCc3nc4ccccc4s3)cs2)o1. The summed E-state index contributed by atoms with van der Waals surface area (Å²) in [5.74, 6) is 1.52. The van der Waals surface area contributed by atoms with Gasteiger partial charge in [-0.15, -0.1) is 22.7 Å². The van der Waals surface area contributed by atoms with Crippen molar-refractivity contribution in [2.24, 2.45) is 0 Å². The van der Waals surface area contributed by atoms with Crippen LogP contribution in [0.25, 0.3) is 21.0 Å². The van der Waals surface area contributed by atoms with E-state index >= 15 is 0 Å². The number of nitrogens with zero attached hydrogens (tertiary/aromatic N) is 2. The van der Waals surface area contributed by atoms with E-state index in [9.17, 15) is 4.79 Å². The lowest BCUT2D eigenvalue weighted by Crippen LogP contribution is -2.24. The fourth-order valence-corrected chi connectivity index (χ4v) is 4.13. The largest absolute Gasteiger partial charge is 0.459 e. The molecule has 7 heteroatoms. The van der Waals surface area contributed by atoms with E-state index in [1.54, 1.807) is 11.3 Å². The minimum Gasteiger partial charge on any atom is -0.459 e. The number of carbonyl (C=O) groups is 1. The van der Waals surface area contributed by atoms with Crippen molar-refractivity contribution in [1.82, 2.24) is 15.3 Å². The maximum atomic E-state index is 12.2. The highest BCUT2D eigenvalue weighted by Crippen LogP contribution is 2.26. The predicted octanol–water partition coefficient (Wildman–Crippen LogP) is 4.18. The van der Waals surface area contributed by atoms with Crippen LogP contribution >= 0.6 is 22.7 Å². The van der Waals surface area contributed by atoms with Crippen LogP contribution in [0.3, 0.4) is 0 Å². The molecule has 0 radical (unpaired) electrons. The van der Waals surface area contributed by atoms with Crippen molar-refractivity contribution >= 4 is 38.8 Å². The normalized spacial score (nSPS) is 11.1. The molecule has 0 aliphatic heterocycles. The standard InChI is InChI=1S/C18H15N3O2S2/c1-11-6-7-14(23-11)18-20-12(10-24-18)8-16(22)19-9-17-21-13-4-2-3-5-15(13)25-17/h2-7,10H,8-9H2,1H3,(H,19,22). The zero-order valence-corrected chi connectivity index (χ0v) is 15.1. The van der Waals surface area contributed by atoms with Crippen LogP contribution in [-0.2, 0) is 17.8 Å². The van der Waals surface area contributed by atoms with Crippen molar-refractivity contribution < 1.29 is 9.21 Å². The first-order valence-corrected chi connectivity index (χ1v) is 9.49. The van der Waals surface area contributed by atoms with Crippen molar-refractivity contribution in [2.45, 2.75) is 19.9 Å². The van der Waals surface area contributed by atoms with Gasteiger partial charge in [-0.05, 0) is 31.2 Å². The van der Waals surface area contributed by atoms with E-state index in [-0.39, 0.29) is 12.3 Å². The van der Waals surface area contributed by atoms with Crippen LogP contribution in [0.4, 0.5) is 0 Å². The van der Waals surface area contributed by atoms with Crippen LogP contribution < -0.4 is 5.32 Å². The van der Waals surface area contributed by atoms with Gasteiger partial charge in [0.25, 0.3) is 0 Å². The van der Waals surface area contributed by atoms with Gasteiger partial charge in [0.05, 0.1) is 28.9 Å². The number of carbonyl (C=O) groups excluding carboxylic acids is 1. The summed E-state index contributed by atoms with van der Waals surface area (Å²) < 4.78 is 6.69. The molecule has 0 atom stereocenters. The van der Waals surface area contributed by atoms with Crippen LogP contribution in [0, 0.1) is 6.92 Å². The average Bonchev–Trinajstić information content (AvgIpc) is 3.31. The lowest BCUT2D eigenvalue weighted by Gasteiger charge is -2.00. The molecule has 0 fully saturated rings. The molecule has 0 aliphatic carbocycles. The van der Waals surface area contributed by atoms with Crippen molar-refractivity contribution in [2.75, 3.05) is 0 Å². The molecule has 1 N–H and O–H groups in total. The monoisotopic (exact) mass is 369 g/mol. The third kappa shape index (κ3) is 3.62. The number of aryl methyl sites for hydroxylation is 1. The van der Waals surface area contributed by atoms with Gasteiger partial charge in [0.2, 0.25) is 5.91 Å². The first-order valence-electron chi connectivity index (χ1n) is 7.80. The zero-order chi connectivity index (χ0) is 17.2. The third-order valence-corrected chi connectivity index (χ3v) is 5.56. The van der Waals surface area contributed by atoms with Crippen LogP contribution in [0.2, 0.25) is 0 Å². The van der Waals surface area contributed by atoms with Crippen LogP contribution in [0.1, 0.15) is 16.5 Å². The highest BCUT2D eigenvalue weighted by Gasteiger charge is 2.12. The predicted molar refractivity (Wildman–Crippen MR) is 99.7 cm³/mol. The minimum atomic E-state index is -0.0632. The Hall–Kier alpha value is -2.51. The fraction of sp³-hybridized carbons (Fsp3) is 0.167. The molecule has 4 aromatic rings. The molecule has 0 spiro atoms. The number of benzene rings is 1. The number of fused-ring (bicyclic) bond motifs is 1. The molecular formula is C18H15N3O2S2. The van der Waals surface area contributed by atoms with Crippen molar-refractivity contribution in [1.29, 1.82) is 0 Å². The molecule has 0 aliphatic rings. The lowest BCUT2D eigenvalue weighted by molar-refractivity contribution is -0.120. The van der Waals surface area contributed by atoms with Crippen LogP contribution in [-0.4, -0.2) is 15.9 Å². The summed E-state index contributed by atoms with van der Waals surface area (Å²) in [4.78, 5) is 21.1. The van der Waals surface area contributed by atoms with Gasteiger partial charge in [0.15, 0.2) is 10.8 Å². The number of thiazole rings is 2. The Labute approximate surface area is 152 Å². The molecule has 0 saturated heterocycles. The summed E-state index contributed by atoms with van der Waals surface area (Å²) in [7, 11) is 0. The van der Waals surface area contributed by atoms with Crippen LogP contribution in [0.15, 0.2) is 46.2 Å². The van der Waals surface area contributed by atoms with Crippen LogP contribution in [0.5, 0.6) is 0 Å². The molecule has 1 aromatic carbocycles. The van der Waals surface area contributed by atoms with E-state index < -0.39 is 0 Å². The van der Waals surface area contributed by atoms with Crippen molar-refractivity contribution in [3.8, 4) is 10.8 Å². The highest BCUT2D eigenvalue weighted by atomic mass is 32.1. The first kappa shape index (κ1) is 16.0. The Kier molecular flexibility index (Phi) is 4.33. The number of nitrogens with one attached hydrogen (secondary N) is 1. The van der Waals surface area contributed by atoms with Gasteiger partial charge >= 0.3 is 0 Å². The van der Waals surface area contributed by atoms with E-state index in [0.717, 1.165) is 37.4 Å². The summed E-state index contributed by atoms with van der Waals surface area (Å²) in [6, 6.07) is 11.8. The van der Waals surface area contributed by atoms with E-state index in [4.69, 9.17) is 4.42 Å². The van der Waals surface area contributed by atoms with Gasteiger partial charge < -0.3 is 9.73 Å². The van der Waals surface area contributed by atoms with Gasteiger partial charge in [-0.25, -0.2) is 9.97 Å². The Bertz CT molecular complexity index is 999. The Morgan fingerprint density at radius 1 is 1.20 bits per heavy atom. The highest BCUT2D eigenvalue weighted by molar-refractivity contribution is 7.18. The second-order valence-electron chi connectivity index (χ2n) is 5.58. The molecule has 3 aromatic heterocycles. The molecule has 5 nitrogen and oxygen atoms in total. The van der Waals surface area contributed by atoms with E-state index in [1.807, 2.05) is 48.7 Å². The number of rotatable bonds is 5. The van der Waals surface area contributed by atoms with Gasteiger partial charge in [-0.1, -0.05) is 12.1 Å². The fourth-order valence-electron chi connectivity index (χ4n) is 2.45. The second-order valence-corrected chi connectivity index (χ2v) is 7.56. The van der Waals surface area contributed by atoms with E-state index in [1.165, 1.54) is 11.3 Å². The van der Waals surface area contributed by atoms with Crippen molar-refractivity contribution in [3.63, 3.8) is 0 Å². The quantitative estimate of drug-likeness (QED) is 0.573. The Morgan fingerprint density at radius 2 is 2.08 bits per heavy atom. The molecule has 25 heavy (non-hydrogen) atoms. The summed E-state index contributed by atoms with van der Waals surface area (Å²) in [6.45, 7) is 2.33. The molecule has 1 amide bonds. The Morgan fingerprint density at radius 3 is 2.88 bits per heavy atom. The van der Waals surface area contributed by atoms with Gasteiger partial charge in [-0.2, -0.15) is 0 Å². The van der Waals surface area contributed by atoms with E-state index in [0.29, 0.717) is 6.54 Å². The summed E-state index contributed by atoms with van der Waals surface area (Å²) >= 11 is 3.08. The third-order valence-electron chi connectivity index (χ3n) is 3.62. The number of amides is 1. The molecule has 0 unspecified atom stereocenters. The summed E-state index contributed by atoms with van der Waals surface area (Å²) in [6.07, 6.45) is 0.251. The maximum absolute atomic E-state index is 12.2.